The van der Waals surface area contributed by atoms with E-state index in [-0.39, 0.29) is 11.1 Å². The van der Waals surface area contributed by atoms with Gasteiger partial charge in [-0.3, -0.25) is 9.59 Å². The van der Waals surface area contributed by atoms with Crippen molar-refractivity contribution in [3.05, 3.63) is 23.3 Å². The lowest BCUT2D eigenvalue weighted by atomic mass is 9.90. The molecule has 8 heteroatoms. The molecule has 0 fully saturated rings. The Kier molecular flexibility index (Phi) is 9.22. The molecule has 1 rings (SSSR count). The van der Waals surface area contributed by atoms with Gasteiger partial charge < -0.3 is 33.1 Å². The molecular weight excluding hydrogens is 336 g/mol. The summed E-state index contributed by atoms with van der Waals surface area (Å²) >= 11 is 0. The van der Waals surface area contributed by atoms with Crippen LogP contribution in [0.15, 0.2) is 12.1 Å². The lowest BCUT2D eigenvalue weighted by molar-refractivity contribution is 0.0922. The van der Waals surface area contributed by atoms with Crippen LogP contribution in [0, 0.1) is 0 Å². The van der Waals surface area contributed by atoms with Crippen molar-refractivity contribution in [2.24, 2.45) is 22.9 Å². The molecule has 0 aliphatic rings. The van der Waals surface area contributed by atoms with Gasteiger partial charge in [0.05, 0.1) is 12.1 Å². The monoisotopic (exact) mass is 366 g/mol. The highest BCUT2D eigenvalue weighted by atomic mass is 16.3. The number of nitrogens with two attached hydrogens (primary N) is 4. The number of unbranched alkanes of at least 4 members (excludes halogenated alkanes) is 2. The highest BCUT2D eigenvalue weighted by Crippen LogP contribution is 2.30. The Morgan fingerprint density at radius 3 is 1.42 bits per heavy atom. The number of carbonyl (C=O) groups is 2. The van der Waals surface area contributed by atoms with Crippen LogP contribution in [0.2, 0.25) is 0 Å². The molecule has 26 heavy (non-hydrogen) atoms. The van der Waals surface area contributed by atoms with Gasteiger partial charge in [0.25, 0.3) is 0 Å². The van der Waals surface area contributed by atoms with E-state index in [9.17, 15) is 19.8 Å². The van der Waals surface area contributed by atoms with Gasteiger partial charge in [0, 0.05) is 11.1 Å². The quantitative estimate of drug-likeness (QED) is 0.174. The van der Waals surface area contributed by atoms with Crippen LogP contribution in [0.3, 0.4) is 0 Å². The van der Waals surface area contributed by atoms with Crippen LogP contribution in [0.25, 0.3) is 0 Å². The summed E-state index contributed by atoms with van der Waals surface area (Å²) in [6, 6.07) is 0.483. The zero-order chi connectivity index (χ0) is 19.7. The van der Waals surface area contributed by atoms with E-state index >= 15 is 0 Å². The van der Waals surface area contributed by atoms with Gasteiger partial charge in [-0.05, 0) is 50.9 Å². The van der Waals surface area contributed by atoms with Gasteiger partial charge in [0.1, 0.15) is 0 Å². The topological polar surface area (TPSA) is 179 Å². The van der Waals surface area contributed by atoms with Crippen LogP contribution in [-0.4, -0.2) is 47.0 Å². The molecule has 146 valence electrons. The molecule has 0 bridgehead atoms. The first-order valence-corrected chi connectivity index (χ1v) is 8.89. The van der Waals surface area contributed by atoms with E-state index in [1.807, 2.05) is 0 Å². The molecule has 0 aromatic heterocycles. The van der Waals surface area contributed by atoms with Crippen molar-refractivity contribution in [1.29, 1.82) is 0 Å². The Hall–Kier alpha value is -2.00. The van der Waals surface area contributed by atoms with E-state index in [2.05, 4.69) is 0 Å². The fourth-order valence-electron chi connectivity index (χ4n) is 2.66. The first-order chi connectivity index (χ1) is 12.3. The molecule has 0 aliphatic carbocycles. The second-order valence-corrected chi connectivity index (χ2v) is 6.40. The van der Waals surface area contributed by atoms with Gasteiger partial charge in [-0.15, -0.1) is 0 Å². The molecule has 0 heterocycles. The second-order valence-electron chi connectivity index (χ2n) is 6.40. The van der Waals surface area contributed by atoms with Crippen molar-refractivity contribution in [3.63, 3.8) is 0 Å². The smallest absolute Gasteiger partial charge is 0.180 e. The highest BCUT2D eigenvalue weighted by Gasteiger charge is 2.26. The van der Waals surface area contributed by atoms with Crippen LogP contribution in [-0.2, 0) is 0 Å². The fraction of sp³-hybridized carbons (Fsp3) is 0.556. The van der Waals surface area contributed by atoms with E-state index in [0.29, 0.717) is 38.8 Å². The Balaban J connectivity index is 3.05. The summed E-state index contributed by atoms with van der Waals surface area (Å²) in [6.07, 6.45) is 3.64. The number of ketones is 2. The number of phenolic OH excluding ortho intramolecular Hbond substituents is 2. The Morgan fingerprint density at radius 2 is 1.12 bits per heavy atom. The second kappa shape index (κ2) is 10.9. The summed E-state index contributed by atoms with van der Waals surface area (Å²) in [4.78, 5) is 25.3. The van der Waals surface area contributed by atoms with E-state index < -0.39 is 35.1 Å². The highest BCUT2D eigenvalue weighted by molar-refractivity contribution is 6.12. The minimum absolute atomic E-state index is 0.0279. The minimum Gasteiger partial charge on any atom is -0.504 e. The fourth-order valence-corrected chi connectivity index (χ4v) is 2.66. The Bertz CT molecular complexity index is 568. The zero-order valence-electron chi connectivity index (χ0n) is 15.0. The Labute approximate surface area is 153 Å². The third-order valence-electron chi connectivity index (χ3n) is 4.26. The number of benzene rings is 1. The lowest BCUT2D eigenvalue weighted by Gasteiger charge is -2.17. The molecule has 8 nitrogen and oxygen atoms in total. The molecule has 0 saturated carbocycles. The number of hydrogen-bond acceptors (Lipinski definition) is 8. The number of hydrogen-bond donors (Lipinski definition) is 6. The minimum atomic E-state index is -0.828. The molecule has 2 atom stereocenters. The molecule has 0 aliphatic heterocycles. The largest absolute Gasteiger partial charge is 0.504 e. The average Bonchev–Trinajstić information content (AvgIpc) is 2.62. The average molecular weight is 366 g/mol. The summed E-state index contributed by atoms with van der Waals surface area (Å²) in [6.45, 7) is 1.00. The maximum absolute atomic E-state index is 12.7. The van der Waals surface area contributed by atoms with Crippen molar-refractivity contribution >= 4 is 11.6 Å². The normalized spacial score (nSPS) is 13.4. The van der Waals surface area contributed by atoms with Crippen LogP contribution in [0.4, 0.5) is 0 Å². The van der Waals surface area contributed by atoms with Gasteiger partial charge in [-0.25, -0.2) is 0 Å². The van der Waals surface area contributed by atoms with Crippen LogP contribution >= 0.6 is 0 Å². The summed E-state index contributed by atoms with van der Waals surface area (Å²) in [7, 11) is 0. The summed E-state index contributed by atoms with van der Waals surface area (Å²) in [5, 5.41) is 19.5. The molecule has 0 unspecified atom stereocenters. The standard InChI is InChI=1S/C18H30N4O4/c19-7-3-1-5-13(21)17(25)11-9-15(23)16(24)10-12(11)18(26)14(22)6-2-4-8-20/h9-10,13-14,23-24H,1-8,19-22H2/t13-,14-/m0/s1. The van der Waals surface area contributed by atoms with Crippen LogP contribution in [0.1, 0.15) is 59.2 Å². The van der Waals surface area contributed by atoms with Crippen molar-refractivity contribution in [2.75, 3.05) is 13.1 Å². The Morgan fingerprint density at radius 1 is 0.769 bits per heavy atom. The van der Waals surface area contributed by atoms with Gasteiger partial charge in [-0.2, -0.15) is 0 Å². The predicted octanol–water partition coefficient (Wildman–Crippen LogP) is 0.376. The summed E-state index contributed by atoms with van der Waals surface area (Å²) in [5.41, 5.74) is 22.7. The van der Waals surface area contributed by atoms with Crippen molar-refractivity contribution < 1.29 is 19.8 Å². The van der Waals surface area contributed by atoms with Gasteiger partial charge >= 0.3 is 0 Å². The van der Waals surface area contributed by atoms with E-state index in [4.69, 9.17) is 22.9 Å². The first kappa shape index (κ1) is 22.0. The molecule has 10 N–H and O–H groups in total. The molecule has 0 saturated heterocycles. The van der Waals surface area contributed by atoms with Crippen molar-refractivity contribution in [3.8, 4) is 11.5 Å². The molecule has 0 spiro atoms. The summed E-state index contributed by atoms with van der Waals surface area (Å²) < 4.78 is 0. The van der Waals surface area contributed by atoms with Crippen molar-refractivity contribution in [2.45, 2.75) is 50.6 Å². The third-order valence-corrected chi connectivity index (χ3v) is 4.26. The molecule has 1 aromatic carbocycles. The molecule has 0 radical (unpaired) electrons. The van der Waals surface area contributed by atoms with Gasteiger partial charge in [0.15, 0.2) is 23.1 Å². The van der Waals surface area contributed by atoms with E-state index in [1.165, 1.54) is 0 Å². The maximum atomic E-state index is 12.7. The third kappa shape index (κ3) is 6.06. The first-order valence-electron chi connectivity index (χ1n) is 8.89. The van der Waals surface area contributed by atoms with Gasteiger partial charge in [-0.1, -0.05) is 12.8 Å². The maximum Gasteiger partial charge on any atom is 0.180 e. The lowest BCUT2D eigenvalue weighted by Crippen LogP contribution is -2.35. The number of aromatic hydroxyl groups is 2. The van der Waals surface area contributed by atoms with Crippen LogP contribution in [0.5, 0.6) is 11.5 Å². The molecular formula is C18H30N4O4. The predicted molar refractivity (Wildman–Crippen MR) is 100 cm³/mol. The van der Waals surface area contributed by atoms with E-state index in [1.54, 1.807) is 0 Å². The number of rotatable bonds is 12. The zero-order valence-corrected chi connectivity index (χ0v) is 15.0. The number of Topliss-reactive ketones (excluding diaryl/α,β-unsaturated/α-hetero) is 2. The molecule has 0 amide bonds. The SMILES string of the molecule is NCCCC[C@H](N)C(=O)c1cc(O)c(O)cc1C(=O)[C@@H](N)CCCCN. The summed E-state index contributed by atoms with van der Waals surface area (Å²) in [5.74, 6) is -1.93. The van der Waals surface area contributed by atoms with Crippen LogP contribution < -0.4 is 22.9 Å². The van der Waals surface area contributed by atoms with Gasteiger partial charge in [0.2, 0.25) is 0 Å². The van der Waals surface area contributed by atoms with Crippen molar-refractivity contribution in [1.82, 2.24) is 0 Å². The van der Waals surface area contributed by atoms with E-state index in [0.717, 1.165) is 25.0 Å². The number of phenols is 2. The molecule has 1 aromatic rings. The number of carbonyl (C=O) groups excluding carboxylic acids is 2.